The quantitative estimate of drug-likeness (QED) is 0.819. The average Bonchev–Trinajstić information content (AvgIpc) is 2.39. The van der Waals surface area contributed by atoms with E-state index in [0.29, 0.717) is 0 Å². The summed E-state index contributed by atoms with van der Waals surface area (Å²) < 4.78 is 5.64. The van der Waals surface area contributed by atoms with Crippen LogP contribution >= 0.6 is 0 Å². The highest BCUT2D eigenvalue weighted by Gasteiger charge is 2.16. The van der Waals surface area contributed by atoms with Crippen molar-refractivity contribution in [2.75, 3.05) is 0 Å². The van der Waals surface area contributed by atoms with Gasteiger partial charge in [-0.05, 0) is 44.4 Å². The van der Waals surface area contributed by atoms with Gasteiger partial charge in [-0.3, -0.25) is 4.79 Å². The molecular weight excluding hydrogens is 238 g/mol. The summed E-state index contributed by atoms with van der Waals surface area (Å²) in [6.07, 6.45) is 2.59. The highest BCUT2D eigenvalue weighted by atomic mass is 16.5. The van der Waals surface area contributed by atoms with E-state index in [0.717, 1.165) is 25.0 Å². The zero-order valence-electron chi connectivity index (χ0n) is 12.4. The number of amides is 1. The molecule has 1 aromatic rings. The van der Waals surface area contributed by atoms with Gasteiger partial charge in [0, 0.05) is 6.04 Å². The van der Waals surface area contributed by atoms with Gasteiger partial charge in [0.25, 0.3) is 5.91 Å². The van der Waals surface area contributed by atoms with E-state index >= 15 is 0 Å². The van der Waals surface area contributed by atoms with E-state index in [-0.39, 0.29) is 11.9 Å². The minimum absolute atomic E-state index is 0.0551. The van der Waals surface area contributed by atoms with Crippen LogP contribution in [0.25, 0.3) is 0 Å². The number of hydrogen-bond donors (Lipinski definition) is 1. The third kappa shape index (κ3) is 5.33. The van der Waals surface area contributed by atoms with Gasteiger partial charge in [0.1, 0.15) is 5.75 Å². The fourth-order valence-electron chi connectivity index (χ4n) is 1.93. The molecule has 106 valence electrons. The first-order valence-corrected chi connectivity index (χ1v) is 7.12. The number of rotatable bonds is 7. The largest absolute Gasteiger partial charge is 0.481 e. The highest BCUT2D eigenvalue weighted by molar-refractivity contribution is 5.80. The molecular formula is C16H25NO2. The third-order valence-corrected chi connectivity index (χ3v) is 3.12. The zero-order valence-corrected chi connectivity index (χ0v) is 12.4. The molecule has 3 nitrogen and oxygen atoms in total. The van der Waals surface area contributed by atoms with Crippen LogP contribution in [0.1, 0.15) is 46.1 Å². The molecule has 1 aromatic carbocycles. The van der Waals surface area contributed by atoms with E-state index < -0.39 is 6.10 Å². The number of benzene rings is 1. The Balaban J connectivity index is 2.48. The maximum absolute atomic E-state index is 11.9. The molecule has 2 atom stereocenters. The molecule has 0 aromatic heterocycles. The Labute approximate surface area is 116 Å². The van der Waals surface area contributed by atoms with E-state index in [2.05, 4.69) is 19.2 Å². The van der Waals surface area contributed by atoms with E-state index in [1.54, 1.807) is 6.92 Å². The van der Waals surface area contributed by atoms with Crippen LogP contribution in [-0.2, 0) is 11.2 Å². The number of nitrogens with one attached hydrogen (secondary N) is 1. The predicted molar refractivity (Wildman–Crippen MR) is 78.4 cm³/mol. The second-order valence-electron chi connectivity index (χ2n) is 4.96. The van der Waals surface area contributed by atoms with E-state index in [4.69, 9.17) is 4.74 Å². The lowest BCUT2D eigenvalue weighted by Gasteiger charge is -2.18. The summed E-state index contributed by atoms with van der Waals surface area (Å²) in [6.45, 7) is 8.02. The molecule has 1 amide bonds. The van der Waals surface area contributed by atoms with Gasteiger partial charge in [-0.2, -0.15) is 0 Å². The van der Waals surface area contributed by atoms with Crippen molar-refractivity contribution in [3.8, 4) is 5.75 Å². The smallest absolute Gasteiger partial charge is 0.260 e. The monoisotopic (exact) mass is 263 g/mol. The highest BCUT2D eigenvalue weighted by Crippen LogP contribution is 2.14. The van der Waals surface area contributed by atoms with Gasteiger partial charge in [0.05, 0.1) is 0 Å². The fraction of sp³-hybridized carbons (Fsp3) is 0.562. The Morgan fingerprint density at radius 1 is 1.21 bits per heavy atom. The number of ether oxygens (including phenoxy) is 1. The van der Waals surface area contributed by atoms with Gasteiger partial charge < -0.3 is 10.1 Å². The molecule has 0 heterocycles. The van der Waals surface area contributed by atoms with Crippen LogP contribution in [0.15, 0.2) is 24.3 Å². The van der Waals surface area contributed by atoms with Gasteiger partial charge in [0.2, 0.25) is 0 Å². The van der Waals surface area contributed by atoms with Gasteiger partial charge in [-0.1, -0.05) is 32.4 Å². The summed E-state index contributed by atoms with van der Waals surface area (Å²) in [5.41, 5.74) is 1.26. The summed E-state index contributed by atoms with van der Waals surface area (Å²) in [7, 11) is 0. The van der Waals surface area contributed by atoms with Crippen molar-refractivity contribution in [2.24, 2.45) is 0 Å². The molecule has 1 N–H and O–H groups in total. The van der Waals surface area contributed by atoms with Crippen molar-refractivity contribution < 1.29 is 9.53 Å². The van der Waals surface area contributed by atoms with Crippen LogP contribution in [0.2, 0.25) is 0 Å². The van der Waals surface area contributed by atoms with E-state index in [1.165, 1.54) is 5.56 Å². The van der Waals surface area contributed by atoms with E-state index in [9.17, 15) is 4.79 Å². The molecule has 0 fully saturated rings. The molecule has 19 heavy (non-hydrogen) atoms. The van der Waals surface area contributed by atoms with E-state index in [1.807, 2.05) is 31.2 Å². The lowest BCUT2D eigenvalue weighted by atomic mass is 10.2. The first-order chi connectivity index (χ1) is 9.06. The summed E-state index contributed by atoms with van der Waals surface area (Å²) in [4.78, 5) is 11.9. The lowest BCUT2D eigenvalue weighted by molar-refractivity contribution is -0.127. The molecule has 0 saturated heterocycles. The predicted octanol–water partition coefficient (Wildman–Crippen LogP) is 3.32. The van der Waals surface area contributed by atoms with Crippen LogP contribution in [0.3, 0.4) is 0 Å². The van der Waals surface area contributed by atoms with Crippen molar-refractivity contribution in [3.05, 3.63) is 29.8 Å². The molecule has 0 aliphatic carbocycles. The number of hydrogen-bond acceptors (Lipinski definition) is 2. The fourth-order valence-corrected chi connectivity index (χ4v) is 1.93. The number of carbonyl (C=O) groups is 1. The second-order valence-corrected chi connectivity index (χ2v) is 4.96. The first-order valence-electron chi connectivity index (χ1n) is 7.12. The zero-order chi connectivity index (χ0) is 14.3. The Morgan fingerprint density at radius 2 is 1.84 bits per heavy atom. The molecule has 3 heteroatoms. The summed E-state index contributed by atoms with van der Waals surface area (Å²) in [5.74, 6) is 0.684. The first kappa shape index (κ1) is 15.5. The second kappa shape index (κ2) is 7.82. The van der Waals surface area contributed by atoms with Gasteiger partial charge in [-0.25, -0.2) is 0 Å². The molecule has 1 rings (SSSR count). The minimum atomic E-state index is -0.466. The van der Waals surface area contributed by atoms with Gasteiger partial charge in [-0.15, -0.1) is 0 Å². The molecule has 0 aliphatic heterocycles. The summed E-state index contributed by atoms with van der Waals surface area (Å²) >= 11 is 0. The van der Waals surface area contributed by atoms with Crippen molar-refractivity contribution >= 4 is 5.91 Å². The average molecular weight is 263 g/mol. The summed E-state index contributed by atoms with van der Waals surface area (Å²) in [6, 6.07) is 8.08. The lowest BCUT2D eigenvalue weighted by Crippen LogP contribution is -2.41. The maximum Gasteiger partial charge on any atom is 0.260 e. The standard InChI is InChI=1S/C16H25NO2/c1-5-7-12(3)17-16(18)13(4)19-15-10-8-14(6-2)9-11-15/h8-13H,5-7H2,1-4H3,(H,17,18). The molecule has 0 spiro atoms. The maximum atomic E-state index is 11.9. The van der Waals surface area contributed by atoms with Crippen molar-refractivity contribution in [1.29, 1.82) is 0 Å². The molecule has 2 unspecified atom stereocenters. The van der Waals surface area contributed by atoms with Crippen LogP contribution in [-0.4, -0.2) is 18.1 Å². The molecule has 0 aliphatic rings. The Morgan fingerprint density at radius 3 is 2.37 bits per heavy atom. The SMILES string of the molecule is CCCC(C)NC(=O)C(C)Oc1ccc(CC)cc1. The van der Waals surface area contributed by atoms with Crippen LogP contribution < -0.4 is 10.1 Å². The normalized spacial score (nSPS) is 13.7. The van der Waals surface area contributed by atoms with Crippen molar-refractivity contribution in [1.82, 2.24) is 5.32 Å². The third-order valence-electron chi connectivity index (χ3n) is 3.12. The molecule has 0 bridgehead atoms. The van der Waals surface area contributed by atoms with Crippen molar-refractivity contribution in [2.45, 2.75) is 59.1 Å². The summed E-state index contributed by atoms with van der Waals surface area (Å²) in [5, 5.41) is 2.96. The minimum Gasteiger partial charge on any atom is -0.481 e. The van der Waals surface area contributed by atoms with Crippen molar-refractivity contribution in [3.63, 3.8) is 0 Å². The van der Waals surface area contributed by atoms with Gasteiger partial charge in [0.15, 0.2) is 6.10 Å². The Bertz CT molecular complexity index is 386. The van der Waals surface area contributed by atoms with Crippen LogP contribution in [0.4, 0.5) is 0 Å². The number of carbonyl (C=O) groups excluding carboxylic acids is 1. The Hall–Kier alpha value is -1.51. The van der Waals surface area contributed by atoms with Gasteiger partial charge >= 0.3 is 0 Å². The molecule has 0 radical (unpaired) electrons. The topological polar surface area (TPSA) is 38.3 Å². The molecule has 0 saturated carbocycles. The Kier molecular flexibility index (Phi) is 6.40. The number of aryl methyl sites for hydroxylation is 1. The van der Waals surface area contributed by atoms with Crippen LogP contribution in [0, 0.1) is 0 Å². The van der Waals surface area contributed by atoms with Crippen LogP contribution in [0.5, 0.6) is 5.75 Å².